The molecule has 0 amide bonds. The van der Waals surface area contributed by atoms with Crippen LogP contribution in [0.1, 0.15) is 52.3 Å². The molecule has 1 aliphatic rings. The molecule has 0 radical (unpaired) electrons. The van der Waals surface area contributed by atoms with Crippen LogP contribution in [-0.4, -0.2) is 24.2 Å². The normalized spacial score (nSPS) is 15.4. The average Bonchev–Trinajstić information content (AvgIpc) is 3.06. The molecular weight excluding hydrogens is 388 g/mol. The Balaban J connectivity index is 1.74. The van der Waals surface area contributed by atoms with E-state index in [1.165, 1.54) is 17.8 Å². The van der Waals surface area contributed by atoms with E-state index in [0.29, 0.717) is 22.5 Å². The lowest BCUT2D eigenvalue weighted by Crippen LogP contribution is -2.30. The van der Waals surface area contributed by atoms with E-state index in [9.17, 15) is 14.7 Å². The SMILES string of the molecule is Cc1sc(C(C)Nc2ccccc2C(=O)O)c2oc(N3CCCCC3)cc(=O)c12. The van der Waals surface area contributed by atoms with Crippen LogP contribution in [0, 0.1) is 6.92 Å². The third kappa shape index (κ3) is 3.74. The molecule has 1 atom stereocenters. The number of anilines is 2. The standard InChI is InChI=1S/C22H24N2O4S/c1-13(23-16-9-5-4-8-15(16)22(26)27)21-20-19(14(2)29-21)17(25)12-18(28-20)24-10-6-3-7-11-24/h4-5,8-9,12-13,23H,3,6-7,10-11H2,1-2H3,(H,26,27). The van der Waals surface area contributed by atoms with Gasteiger partial charge in [-0.15, -0.1) is 11.3 Å². The molecule has 1 fully saturated rings. The van der Waals surface area contributed by atoms with Gasteiger partial charge in [0.05, 0.1) is 21.9 Å². The summed E-state index contributed by atoms with van der Waals surface area (Å²) in [6.45, 7) is 5.67. The van der Waals surface area contributed by atoms with E-state index in [1.807, 2.05) is 13.8 Å². The Morgan fingerprint density at radius 2 is 1.97 bits per heavy atom. The summed E-state index contributed by atoms with van der Waals surface area (Å²) in [7, 11) is 0. The summed E-state index contributed by atoms with van der Waals surface area (Å²) in [6.07, 6.45) is 3.40. The van der Waals surface area contributed by atoms with E-state index < -0.39 is 5.97 Å². The number of piperidine rings is 1. The number of para-hydroxylation sites is 1. The van der Waals surface area contributed by atoms with Crippen LogP contribution < -0.4 is 15.6 Å². The van der Waals surface area contributed by atoms with Gasteiger partial charge in [-0.05, 0) is 45.2 Å². The molecule has 3 heterocycles. The second-order valence-corrected chi connectivity index (χ2v) is 8.70. The number of fused-ring (bicyclic) bond motifs is 1. The fraction of sp³-hybridized carbons (Fsp3) is 0.364. The first-order valence-electron chi connectivity index (χ1n) is 9.86. The monoisotopic (exact) mass is 412 g/mol. The van der Waals surface area contributed by atoms with Crippen molar-refractivity contribution in [3.05, 3.63) is 55.9 Å². The van der Waals surface area contributed by atoms with Gasteiger partial charge in [-0.25, -0.2) is 4.79 Å². The molecule has 1 saturated heterocycles. The maximum absolute atomic E-state index is 12.8. The largest absolute Gasteiger partial charge is 0.478 e. The summed E-state index contributed by atoms with van der Waals surface area (Å²) in [5.41, 5.74) is 1.34. The smallest absolute Gasteiger partial charge is 0.337 e. The van der Waals surface area contributed by atoms with E-state index >= 15 is 0 Å². The number of carboxylic acids is 1. The fourth-order valence-corrected chi connectivity index (χ4v) is 5.00. The minimum Gasteiger partial charge on any atom is -0.478 e. The highest BCUT2D eigenvalue weighted by atomic mass is 32.1. The van der Waals surface area contributed by atoms with E-state index in [4.69, 9.17) is 4.42 Å². The zero-order valence-corrected chi connectivity index (χ0v) is 17.3. The Morgan fingerprint density at radius 3 is 2.69 bits per heavy atom. The van der Waals surface area contributed by atoms with Crippen LogP contribution in [0.25, 0.3) is 11.0 Å². The van der Waals surface area contributed by atoms with Crippen LogP contribution in [0.3, 0.4) is 0 Å². The molecule has 0 spiro atoms. The molecule has 3 aromatic rings. The van der Waals surface area contributed by atoms with Gasteiger partial charge in [-0.1, -0.05) is 12.1 Å². The molecular formula is C22H24N2O4S. The predicted octanol–water partition coefficient (Wildman–Crippen LogP) is 5.02. The minimum absolute atomic E-state index is 0.0232. The predicted molar refractivity (Wildman–Crippen MR) is 117 cm³/mol. The zero-order valence-electron chi connectivity index (χ0n) is 16.5. The maximum atomic E-state index is 12.8. The Morgan fingerprint density at radius 1 is 1.24 bits per heavy atom. The summed E-state index contributed by atoms with van der Waals surface area (Å²) < 4.78 is 6.25. The molecule has 1 aliphatic heterocycles. The second-order valence-electron chi connectivity index (χ2n) is 7.44. The van der Waals surface area contributed by atoms with Gasteiger partial charge in [-0.2, -0.15) is 0 Å². The third-order valence-corrected chi connectivity index (χ3v) is 6.63. The number of rotatable bonds is 5. The number of carboxylic acid groups (broad SMARTS) is 1. The molecule has 1 aromatic carbocycles. The highest BCUT2D eigenvalue weighted by Crippen LogP contribution is 2.37. The van der Waals surface area contributed by atoms with Gasteiger partial charge in [0, 0.05) is 29.7 Å². The van der Waals surface area contributed by atoms with Crippen molar-refractivity contribution >= 4 is 39.8 Å². The molecule has 152 valence electrons. The van der Waals surface area contributed by atoms with Crippen molar-refractivity contribution in [2.24, 2.45) is 0 Å². The Hall–Kier alpha value is -2.80. The first kappa shape index (κ1) is 19.5. The number of nitrogens with zero attached hydrogens (tertiary/aromatic N) is 1. The van der Waals surface area contributed by atoms with Gasteiger partial charge in [0.2, 0.25) is 0 Å². The summed E-state index contributed by atoms with van der Waals surface area (Å²) in [5.74, 6) is -0.356. The van der Waals surface area contributed by atoms with Gasteiger partial charge in [0.1, 0.15) is 0 Å². The van der Waals surface area contributed by atoms with E-state index in [1.54, 1.807) is 30.3 Å². The summed E-state index contributed by atoms with van der Waals surface area (Å²) in [6, 6.07) is 8.22. The summed E-state index contributed by atoms with van der Waals surface area (Å²) >= 11 is 1.52. The maximum Gasteiger partial charge on any atom is 0.337 e. The number of nitrogens with one attached hydrogen (secondary N) is 1. The van der Waals surface area contributed by atoms with Crippen molar-refractivity contribution in [1.82, 2.24) is 0 Å². The van der Waals surface area contributed by atoms with Crippen molar-refractivity contribution in [2.75, 3.05) is 23.3 Å². The number of thiophene rings is 1. The van der Waals surface area contributed by atoms with Crippen molar-refractivity contribution in [3.63, 3.8) is 0 Å². The van der Waals surface area contributed by atoms with Crippen LogP contribution in [0.5, 0.6) is 0 Å². The van der Waals surface area contributed by atoms with Gasteiger partial charge in [0.25, 0.3) is 0 Å². The Bertz CT molecular complexity index is 1110. The number of aryl methyl sites for hydroxylation is 1. The number of hydrogen-bond acceptors (Lipinski definition) is 6. The highest BCUT2D eigenvalue weighted by molar-refractivity contribution is 7.13. The Kier molecular flexibility index (Phi) is 5.32. The van der Waals surface area contributed by atoms with E-state index in [2.05, 4.69) is 10.2 Å². The molecule has 1 unspecified atom stereocenters. The van der Waals surface area contributed by atoms with Crippen LogP contribution >= 0.6 is 11.3 Å². The lowest BCUT2D eigenvalue weighted by molar-refractivity contribution is 0.0698. The number of benzene rings is 1. The average molecular weight is 413 g/mol. The number of hydrogen-bond donors (Lipinski definition) is 2. The van der Waals surface area contributed by atoms with Crippen molar-refractivity contribution in [1.29, 1.82) is 0 Å². The lowest BCUT2D eigenvalue weighted by atomic mass is 10.1. The summed E-state index contributed by atoms with van der Waals surface area (Å²) in [4.78, 5) is 28.3. The quantitative estimate of drug-likeness (QED) is 0.612. The van der Waals surface area contributed by atoms with Crippen LogP contribution in [-0.2, 0) is 0 Å². The molecule has 0 aliphatic carbocycles. The number of aromatic carboxylic acids is 1. The fourth-order valence-electron chi connectivity index (χ4n) is 3.90. The van der Waals surface area contributed by atoms with E-state index in [-0.39, 0.29) is 17.0 Å². The molecule has 6 nitrogen and oxygen atoms in total. The van der Waals surface area contributed by atoms with E-state index in [0.717, 1.165) is 35.7 Å². The van der Waals surface area contributed by atoms with Crippen molar-refractivity contribution < 1.29 is 14.3 Å². The second kappa shape index (κ2) is 7.91. The van der Waals surface area contributed by atoms with Gasteiger partial charge < -0.3 is 19.7 Å². The van der Waals surface area contributed by atoms with Gasteiger partial charge in [0.15, 0.2) is 16.9 Å². The molecule has 0 bridgehead atoms. The van der Waals surface area contributed by atoms with Gasteiger partial charge >= 0.3 is 5.97 Å². The molecule has 7 heteroatoms. The lowest BCUT2D eigenvalue weighted by Gasteiger charge is -2.27. The molecule has 2 aromatic heterocycles. The first-order valence-corrected chi connectivity index (χ1v) is 10.7. The van der Waals surface area contributed by atoms with Crippen molar-refractivity contribution in [3.8, 4) is 0 Å². The molecule has 0 saturated carbocycles. The van der Waals surface area contributed by atoms with Crippen LogP contribution in [0.4, 0.5) is 11.6 Å². The van der Waals surface area contributed by atoms with Crippen LogP contribution in [0.2, 0.25) is 0 Å². The van der Waals surface area contributed by atoms with Gasteiger partial charge in [-0.3, -0.25) is 4.79 Å². The molecule has 29 heavy (non-hydrogen) atoms. The summed E-state index contributed by atoms with van der Waals surface area (Å²) in [5, 5.41) is 13.3. The Labute approximate surface area is 172 Å². The van der Waals surface area contributed by atoms with Crippen LogP contribution in [0.15, 0.2) is 39.5 Å². The molecule has 2 N–H and O–H groups in total. The minimum atomic E-state index is -0.980. The third-order valence-electron chi connectivity index (χ3n) is 5.36. The van der Waals surface area contributed by atoms with Crippen molar-refractivity contribution in [2.45, 2.75) is 39.2 Å². The first-order chi connectivity index (χ1) is 14.0. The highest BCUT2D eigenvalue weighted by Gasteiger charge is 2.23. The topological polar surface area (TPSA) is 82.8 Å². The number of carbonyl (C=O) groups is 1. The zero-order chi connectivity index (χ0) is 20.5. The molecule has 4 rings (SSSR count).